The molecule has 0 aromatic heterocycles. The number of fused-ring (bicyclic) bond motifs is 2. The van der Waals surface area contributed by atoms with Crippen molar-refractivity contribution in [2.45, 2.75) is 6.42 Å². The van der Waals surface area contributed by atoms with Crippen molar-refractivity contribution in [3.05, 3.63) is 79.6 Å². The summed E-state index contributed by atoms with van der Waals surface area (Å²) in [6.07, 6.45) is 10.0. The van der Waals surface area contributed by atoms with Crippen molar-refractivity contribution in [3.8, 4) is 0 Å². The van der Waals surface area contributed by atoms with E-state index in [4.69, 9.17) is 30.6 Å². The third-order valence-corrected chi connectivity index (χ3v) is 3.53. The average molecular weight is 336 g/mol. The van der Waals surface area contributed by atoms with Gasteiger partial charge in [0.25, 0.3) is 10.2 Å². The minimum atomic E-state index is -1.50. The quantitative estimate of drug-likeness (QED) is 0.426. The molecule has 9 nitrogen and oxygen atoms in total. The number of allylic oxidation sites excluding steroid dienone is 4. The van der Waals surface area contributed by atoms with Crippen LogP contribution in [0.3, 0.4) is 0 Å². The summed E-state index contributed by atoms with van der Waals surface area (Å²) in [7, 11) is 4.52. The Morgan fingerprint density at radius 3 is 2.21 bits per heavy atom. The predicted octanol–water partition coefficient (Wildman–Crippen LogP) is 2.80. The highest BCUT2D eigenvalue weighted by Gasteiger charge is 2.33. The molecule has 0 amide bonds. The van der Waals surface area contributed by atoms with E-state index in [1.165, 1.54) is 22.5 Å². The maximum absolute atomic E-state index is 8.36. The Hall–Kier alpha value is -3.20. The number of rotatable bonds is 0. The molecule has 0 saturated carbocycles. The molecule has 1 heterocycles. The fourth-order valence-electron chi connectivity index (χ4n) is 2.68. The molecule has 24 heavy (non-hydrogen) atoms. The van der Waals surface area contributed by atoms with Crippen LogP contribution in [0, 0.1) is 20.2 Å². The molecule has 128 valence electrons. The summed E-state index contributed by atoms with van der Waals surface area (Å²) < 4.78 is 0.854. The number of quaternary nitrogens is 1. The highest BCUT2D eigenvalue weighted by molar-refractivity contribution is 5.77. The Morgan fingerprint density at radius 1 is 1.08 bits per heavy atom. The Bertz CT molecular complexity index is 702. The standard InChI is InChI=1S/C15H16N.2HNO3/c1-16(2)14-9-5-3-7-12(14)11-13-8-4-6-10-15(13)16;2*2-1(3)4/h3-7,9-11H,8H2,1-2H3;2*(H,2,3,4)/q+1;;. The van der Waals surface area contributed by atoms with Crippen molar-refractivity contribution in [1.82, 2.24) is 4.48 Å². The van der Waals surface area contributed by atoms with Gasteiger partial charge >= 0.3 is 0 Å². The van der Waals surface area contributed by atoms with Crippen LogP contribution in [0.2, 0.25) is 0 Å². The highest BCUT2D eigenvalue weighted by Crippen LogP contribution is 2.40. The van der Waals surface area contributed by atoms with Gasteiger partial charge < -0.3 is 10.4 Å². The molecule has 0 fully saturated rings. The first-order valence-electron chi connectivity index (χ1n) is 6.84. The summed E-state index contributed by atoms with van der Waals surface area (Å²) in [6.45, 7) is 0. The SMILES string of the molecule is C[N+]1(C)C2=CC=CCC2=Cc2ccccc21.O=[N+]([O-])O.O=[N+]([O-])O. The molecule has 0 unspecified atom stereocenters. The van der Waals surface area contributed by atoms with Crippen LogP contribution in [0.1, 0.15) is 12.0 Å². The Kier molecular flexibility index (Phi) is 6.19. The van der Waals surface area contributed by atoms with E-state index in [1.807, 2.05) is 0 Å². The van der Waals surface area contributed by atoms with E-state index in [-0.39, 0.29) is 0 Å². The minimum absolute atomic E-state index is 0.854. The molecule has 0 bridgehead atoms. The molecule has 0 radical (unpaired) electrons. The van der Waals surface area contributed by atoms with Crippen LogP contribution >= 0.6 is 0 Å². The molecule has 0 atom stereocenters. The van der Waals surface area contributed by atoms with Gasteiger partial charge in [0.2, 0.25) is 0 Å². The molecular formula is C15H18N3O6+. The number of likely N-dealkylation sites (N-methyl/N-ethyl adjacent to an activating group) is 1. The second-order valence-corrected chi connectivity index (χ2v) is 5.34. The molecule has 0 saturated heterocycles. The minimum Gasteiger partial charge on any atom is -0.328 e. The largest absolute Gasteiger partial charge is 0.328 e. The first-order valence-corrected chi connectivity index (χ1v) is 6.84. The van der Waals surface area contributed by atoms with Crippen molar-refractivity contribution in [2.24, 2.45) is 0 Å². The van der Waals surface area contributed by atoms with E-state index in [9.17, 15) is 0 Å². The van der Waals surface area contributed by atoms with Gasteiger partial charge in [-0.1, -0.05) is 24.3 Å². The molecule has 2 N–H and O–H groups in total. The van der Waals surface area contributed by atoms with Gasteiger partial charge in [-0.15, -0.1) is 20.2 Å². The summed E-state index contributed by atoms with van der Waals surface area (Å²) >= 11 is 0. The molecule has 1 aliphatic carbocycles. The fourth-order valence-corrected chi connectivity index (χ4v) is 2.68. The average Bonchev–Trinajstić information content (AvgIpc) is 2.46. The Balaban J connectivity index is 0.000000306. The lowest BCUT2D eigenvalue weighted by molar-refractivity contribution is -0.742. The normalized spacial score (nSPS) is 15.8. The molecule has 3 rings (SSSR count). The van der Waals surface area contributed by atoms with E-state index >= 15 is 0 Å². The maximum atomic E-state index is 8.36. The van der Waals surface area contributed by atoms with E-state index in [0.29, 0.717) is 0 Å². The van der Waals surface area contributed by atoms with Crippen LogP contribution in [0.25, 0.3) is 6.08 Å². The van der Waals surface area contributed by atoms with Crippen LogP contribution in [-0.2, 0) is 0 Å². The van der Waals surface area contributed by atoms with Crippen molar-refractivity contribution in [3.63, 3.8) is 0 Å². The van der Waals surface area contributed by atoms with Crippen molar-refractivity contribution < 1.29 is 20.6 Å². The highest BCUT2D eigenvalue weighted by atomic mass is 16.9. The van der Waals surface area contributed by atoms with Crippen molar-refractivity contribution in [1.29, 1.82) is 0 Å². The maximum Gasteiger partial charge on any atom is 0.291 e. The van der Waals surface area contributed by atoms with Crippen molar-refractivity contribution in [2.75, 3.05) is 14.1 Å². The number of para-hydroxylation sites is 1. The molecule has 9 heteroatoms. The summed E-state index contributed by atoms with van der Waals surface area (Å²) in [5.74, 6) is 0. The van der Waals surface area contributed by atoms with Crippen LogP contribution in [-0.4, -0.2) is 34.7 Å². The first kappa shape index (κ1) is 18.8. The molecular weight excluding hydrogens is 318 g/mol. The lowest BCUT2D eigenvalue weighted by atomic mass is 9.93. The summed E-state index contributed by atoms with van der Waals surface area (Å²) in [6, 6.07) is 8.67. The number of benzene rings is 1. The molecule has 1 aliphatic heterocycles. The smallest absolute Gasteiger partial charge is 0.291 e. The lowest BCUT2D eigenvalue weighted by Crippen LogP contribution is -2.42. The second kappa shape index (κ2) is 7.88. The summed E-state index contributed by atoms with van der Waals surface area (Å²) in [5, 5.41) is 27.3. The van der Waals surface area contributed by atoms with Crippen LogP contribution < -0.4 is 4.48 Å². The van der Waals surface area contributed by atoms with Gasteiger partial charge in [0, 0.05) is 17.2 Å². The van der Waals surface area contributed by atoms with Gasteiger partial charge in [-0.25, -0.2) is 0 Å². The Morgan fingerprint density at radius 2 is 1.62 bits per heavy atom. The molecule has 2 aliphatic rings. The molecule has 0 spiro atoms. The van der Waals surface area contributed by atoms with E-state index in [2.05, 4.69) is 62.7 Å². The number of hydrogen-bond donors (Lipinski definition) is 2. The van der Waals surface area contributed by atoms with E-state index < -0.39 is 10.2 Å². The second-order valence-electron chi connectivity index (χ2n) is 5.34. The third-order valence-electron chi connectivity index (χ3n) is 3.53. The zero-order chi connectivity index (χ0) is 18.3. The van der Waals surface area contributed by atoms with Gasteiger partial charge in [0.05, 0.1) is 14.1 Å². The molecule has 1 aromatic rings. The van der Waals surface area contributed by atoms with Crippen LogP contribution in [0.15, 0.2) is 53.8 Å². The van der Waals surface area contributed by atoms with Gasteiger partial charge in [-0.3, -0.25) is 4.48 Å². The summed E-state index contributed by atoms with van der Waals surface area (Å²) in [4.78, 5) is 16.7. The van der Waals surface area contributed by atoms with E-state index in [1.54, 1.807) is 0 Å². The van der Waals surface area contributed by atoms with Gasteiger partial charge in [0.1, 0.15) is 11.4 Å². The third kappa shape index (κ3) is 4.92. The lowest BCUT2D eigenvalue weighted by Gasteiger charge is -2.37. The first-order chi connectivity index (χ1) is 11.2. The number of nitrogens with zero attached hydrogens (tertiary/aromatic N) is 3. The van der Waals surface area contributed by atoms with Gasteiger partial charge in [-0.05, 0) is 24.6 Å². The van der Waals surface area contributed by atoms with Crippen LogP contribution in [0.4, 0.5) is 5.69 Å². The molecule has 1 aromatic carbocycles. The number of hydrogen-bond acceptors (Lipinski definition) is 4. The van der Waals surface area contributed by atoms with Gasteiger partial charge in [-0.2, -0.15) is 0 Å². The van der Waals surface area contributed by atoms with Gasteiger partial charge in [0.15, 0.2) is 0 Å². The van der Waals surface area contributed by atoms with E-state index in [0.717, 1.165) is 10.9 Å². The summed E-state index contributed by atoms with van der Waals surface area (Å²) in [5.41, 5.74) is 5.61. The fraction of sp³-hybridized carbons (Fsp3) is 0.200. The van der Waals surface area contributed by atoms with Crippen molar-refractivity contribution >= 4 is 11.8 Å². The monoisotopic (exact) mass is 336 g/mol. The van der Waals surface area contributed by atoms with Crippen LogP contribution in [0.5, 0.6) is 0 Å². The predicted molar refractivity (Wildman–Crippen MR) is 87.5 cm³/mol. The Labute approximate surface area is 137 Å². The topological polar surface area (TPSA) is 127 Å². The zero-order valence-corrected chi connectivity index (χ0v) is 13.2. The zero-order valence-electron chi connectivity index (χ0n) is 13.2.